The molecule has 3 heterocycles. The molecular formula is C33H26F2N4O4. The van der Waals surface area contributed by atoms with Gasteiger partial charge in [0.05, 0.1) is 41.5 Å². The molecule has 0 bridgehead atoms. The van der Waals surface area contributed by atoms with E-state index < -0.39 is 17.6 Å². The summed E-state index contributed by atoms with van der Waals surface area (Å²) < 4.78 is 43.2. The second-order valence-electron chi connectivity index (χ2n) is 10.3. The van der Waals surface area contributed by atoms with Crippen molar-refractivity contribution in [3.05, 3.63) is 118 Å². The fourth-order valence-corrected chi connectivity index (χ4v) is 5.21. The van der Waals surface area contributed by atoms with Gasteiger partial charge in [0.2, 0.25) is 5.88 Å². The lowest BCUT2D eigenvalue weighted by Gasteiger charge is -2.15. The van der Waals surface area contributed by atoms with Crippen LogP contribution in [-0.4, -0.2) is 38.3 Å². The highest BCUT2D eigenvalue weighted by molar-refractivity contribution is 5.92. The lowest BCUT2D eigenvalue weighted by atomic mass is 10.1. The summed E-state index contributed by atoms with van der Waals surface area (Å²) in [6, 6.07) is 18.8. The number of aromatic nitrogens is 3. The number of halogens is 2. The molecule has 216 valence electrons. The number of nitrogens with zero attached hydrogens (tertiary/aromatic N) is 4. The van der Waals surface area contributed by atoms with E-state index in [2.05, 4.69) is 9.83 Å². The molecule has 2 aromatic heterocycles. The van der Waals surface area contributed by atoms with Gasteiger partial charge < -0.3 is 19.1 Å². The normalized spacial score (nSPS) is 14.6. The van der Waals surface area contributed by atoms with Crippen molar-refractivity contribution < 1.29 is 28.2 Å². The maximum atomic E-state index is 15.5. The number of pyridine rings is 1. The zero-order valence-corrected chi connectivity index (χ0v) is 23.0. The summed E-state index contributed by atoms with van der Waals surface area (Å²) >= 11 is 0. The van der Waals surface area contributed by atoms with E-state index in [-0.39, 0.29) is 41.0 Å². The number of hydrogen-bond acceptors (Lipinski definition) is 5. The minimum Gasteiger partial charge on any atom is -0.478 e. The largest absolute Gasteiger partial charge is 0.478 e. The third-order valence-electron chi connectivity index (χ3n) is 7.42. The van der Waals surface area contributed by atoms with Gasteiger partial charge in [-0.3, -0.25) is 0 Å². The van der Waals surface area contributed by atoms with Gasteiger partial charge in [-0.15, -0.1) is 0 Å². The molecule has 1 saturated heterocycles. The van der Waals surface area contributed by atoms with Crippen LogP contribution in [-0.2, 0) is 24.3 Å². The molecule has 6 rings (SSSR count). The number of fused-ring (bicyclic) bond motifs is 1. The van der Waals surface area contributed by atoms with E-state index in [9.17, 15) is 14.3 Å². The van der Waals surface area contributed by atoms with Crippen molar-refractivity contribution in [1.82, 2.24) is 14.5 Å². The summed E-state index contributed by atoms with van der Waals surface area (Å²) in [6.45, 7) is 8.11. The predicted molar refractivity (Wildman–Crippen MR) is 155 cm³/mol. The van der Waals surface area contributed by atoms with Crippen molar-refractivity contribution in [2.45, 2.75) is 38.5 Å². The number of rotatable bonds is 9. The van der Waals surface area contributed by atoms with Crippen molar-refractivity contribution in [3.8, 4) is 17.1 Å². The van der Waals surface area contributed by atoms with Gasteiger partial charge in [-0.25, -0.2) is 28.4 Å². The molecule has 1 unspecified atom stereocenters. The topological polar surface area (TPSA) is 90.8 Å². The highest BCUT2D eigenvalue weighted by atomic mass is 19.1. The molecule has 43 heavy (non-hydrogen) atoms. The molecule has 3 aromatic carbocycles. The molecule has 0 saturated carbocycles. The molecule has 1 aliphatic rings. The Balaban J connectivity index is 1.23. The summed E-state index contributed by atoms with van der Waals surface area (Å²) in [4.78, 5) is 24.0. The Hall–Kier alpha value is -5.14. The van der Waals surface area contributed by atoms with Crippen molar-refractivity contribution in [2.24, 2.45) is 0 Å². The molecule has 8 nitrogen and oxygen atoms in total. The first-order chi connectivity index (χ1) is 20.9. The first-order valence-electron chi connectivity index (χ1n) is 13.8. The van der Waals surface area contributed by atoms with Gasteiger partial charge in [-0.2, -0.15) is 0 Å². The number of hydrogen-bond donors (Lipinski definition) is 1. The van der Waals surface area contributed by atoms with E-state index in [1.807, 2.05) is 4.57 Å². The van der Waals surface area contributed by atoms with Crippen LogP contribution in [0.3, 0.4) is 0 Å². The highest BCUT2D eigenvalue weighted by Gasteiger charge is 2.21. The second-order valence-corrected chi connectivity index (χ2v) is 10.3. The Kier molecular flexibility index (Phi) is 7.81. The molecular weight excluding hydrogens is 554 g/mol. The number of carboxylic acid groups (broad SMARTS) is 1. The van der Waals surface area contributed by atoms with E-state index in [1.165, 1.54) is 24.3 Å². The maximum absolute atomic E-state index is 15.5. The molecule has 0 aliphatic carbocycles. The second kappa shape index (κ2) is 12.0. The predicted octanol–water partition coefficient (Wildman–Crippen LogP) is 6.97. The third kappa shape index (κ3) is 6.08. The van der Waals surface area contributed by atoms with Crippen molar-refractivity contribution in [2.75, 3.05) is 6.61 Å². The minimum atomic E-state index is -1.02. The quantitative estimate of drug-likeness (QED) is 0.189. The van der Waals surface area contributed by atoms with E-state index in [1.54, 1.807) is 42.5 Å². The summed E-state index contributed by atoms with van der Waals surface area (Å²) in [6.07, 6.45) is 2.20. The van der Waals surface area contributed by atoms with Crippen LogP contribution in [0.1, 0.15) is 40.2 Å². The zero-order chi connectivity index (χ0) is 29.9. The van der Waals surface area contributed by atoms with Gasteiger partial charge in [0.25, 0.3) is 0 Å². The highest BCUT2D eigenvalue weighted by Crippen LogP contribution is 2.28. The molecule has 1 fully saturated rings. The Morgan fingerprint density at radius 2 is 1.95 bits per heavy atom. The molecule has 1 atom stereocenters. The van der Waals surface area contributed by atoms with Gasteiger partial charge in [-0.1, -0.05) is 24.3 Å². The monoisotopic (exact) mass is 580 g/mol. The summed E-state index contributed by atoms with van der Waals surface area (Å²) in [5.74, 6) is -1.14. The van der Waals surface area contributed by atoms with Gasteiger partial charge in [-0.05, 0) is 60.9 Å². The zero-order valence-electron chi connectivity index (χ0n) is 23.0. The van der Waals surface area contributed by atoms with Crippen LogP contribution >= 0.6 is 0 Å². The van der Waals surface area contributed by atoms with Gasteiger partial charge >= 0.3 is 5.97 Å². The van der Waals surface area contributed by atoms with Crippen molar-refractivity contribution >= 4 is 22.7 Å². The Morgan fingerprint density at radius 1 is 1.07 bits per heavy atom. The van der Waals surface area contributed by atoms with Crippen LogP contribution in [0.2, 0.25) is 0 Å². The standard InChI is InChI=1S/C33H26F2N4O4/c1-36-23-10-8-22(26(34)17-23)19-43-32-6-2-5-28(38-32)25-11-7-20(14-27(25)35)15-31-37-29-12-9-21(33(40)41)16-30(29)39(31)18-24-4-3-13-42-24/h2,5-12,14,16-17,24H,3-4,13,15,18-19H2,(H,40,41). The molecule has 0 spiro atoms. The average molecular weight is 581 g/mol. The third-order valence-corrected chi connectivity index (χ3v) is 7.42. The number of carbonyl (C=O) groups is 1. The van der Waals surface area contributed by atoms with Crippen molar-refractivity contribution in [3.63, 3.8) is 0 Å². The molecule has 0 radical (unpaired) electrons. The molecule has 5 aromatic rings. The maximum Gasteiger partial charge on any atom is 0.335 e. The SMILES string of the molecule is [C-]#[N+]c1ccc(COc2cccc(-c3ccc(Cc4nc5ccc(C(=O)O)cc5n4CC4CCCO4)cc3F)n2)c(F)c1. The number of ether oxygens (including phenoxy) is 2. The van der Waals surface area contributed by atoms with E-state index >= 15 is 4.39 Å². The Bertz CT molecular complexity index is 1880. The number of aromatic carboxylic acids is 1. The van der Waals surface area contributed by atoms with Crippen LogP contribution in [0.4, 0.5) is 14.5 Å². The van der Waals surface area contributed by atoms with Crippen LogP contribution in [0.5, 0.6) is 5.88 Å². The number of carboxylic acids is 1. The molecule has 10 heteroatoms. The first-order valence-corrected chi connectivity index (χ1v) is 13.8. The van der Waals surface area contributed by atoms with Gasteiger partial charge in [0.15, 0.2) is 5.69 Å². The molecule has 0 amide bonds. The van der Waals surface area contributed by atoms with E-state index in [4.69, 9.17) is 21.0 Å². The Morgan fingerprint density at radius 3 is 2.70 bits per heavy atom. The van der Waals surface area contributed by atoms with Crippen LogP contribution in [0.15, 0.2) is 72.8 Å². The first kappa shape index (κ1) is 28.0. The number of benzene rings is 3. The fourth-order valence-electron chi connectivity index (χ4n) is 5.21. The minimum absolute atomic E-state index is 0.000996. The number of imidazole rings is 1. The van der Waals surface area contributed by atoms with E-state index in [0.717, 1.165) is 18.9 Å². The summed E-state index contributed by atoms with van der Waals surface area (Å²) in [7, 11) is 0. The van der Waals surface area contributed by atoms with Crippen LogP contribution in [0, 0.1) is 18.2 Å². The Labute approximate surface area is 246 Å². The average Bonchev–Trinajstić information content (AvgIpc) is 3.64. The van der Waals surface area contributed by atoms with E-state index in [0.29, 0.717) is 47.7 Å². The lowest BCUT2D eigenvalue weighted by molar-refractivity contribution is 0.0697. The summed E-state index contributed by atoms with van der Waals surface area (Å²) in [5.41, 5.74) is 3.34. The van der Waals surface area contributed by atoms with Gasteiger partial charge in [0, 0.05) is 30.2 Å². The van der Waals surface area contributed by atoms with Gasteiger partial charge in [0.1, 0.15) is 24.1 Å². The lowest BCUT2D eigenvalue weighted by Crippen LogP contribution is -2.17. The molecule has 1 N–H and O–H groups in total. The van der Waals surface area contributed by atoms with Crippen LogP contribution < -0.4 is 4.74 Å². The fraction of sp³-hybridized carbons (Fsp3) is 0.212. The molecule has 1 aliphatic heterocycles. The van der Waals surface area contributed by atoms with Crippen LogP contribution in [0.25, 0.3) is 27.1 Å². The summed E-state index contributed by atoms with van der Waals surface area (Å²) in [5, 5.41) is 9.51. The van der Waals surface area contributed by atoms with Crippen molar-refractivity contribution in [1.29, 1.82) is 0 Å². The smallest absolute Gasteiger partial charge is 0.335 e.